The van der Waals surface area contributed by atoms with Crippen molar-refractivity contribution in [3.63, 3.8) is 0 Å². The molecule has 0 saturated heterocycles. The molecule has 8 nitrogen and oxygen atoms in total. The summed E-state index contributed by atoms with van der Waals surface area (Å²) < 4.78 is 30.2. The van der Waals surface area contributed by atoms with Crippen molar-refractivity contribution in [2.24, 2.45) is 0 Å². The van der Waals surface area contributed by atoms with Crippen LogP contribution in [0.4, 0.5) is 5.69 Å². The standard InChI is InChI=1S/C16H15Cl2N3O5S/c1-21(2)27(24,25)10-5-6-12(17)13(8-10)20-14(22)9-26-16(23)11-4-3-7-19-15(11)18/h3-8H,9H2,1-2H3,(H,20,22). The number of anilines is 1. The maximum Gasteiger partial charge on any atom is 0.341 e. The Balaban J connectivity index is 2.08. The summed E-state index contributed by atoms with van der Waals surface area (Å²) in [7, 11) is -0.942. The summed E-state index contributed by atoms with van der Waals surface area (Å²) >= 11 is 11.8. The van der Waals surface area contributed by atoms with Crippen LogP contribution in [0.1, 0.15) is 10.4 Å². The van der Waals surface area contributed by atoms with Crippen LogP contribution in [0.5, 0.6) is 0 Å². The van der Waals surface area contributed by atoms with E-state index in [9.17, 15) is 18.0 Å². The summed E-state index contributed by atoms with van der Waals surface area (Å²) in [4.78, 5) is 27.6. The molecule has 2 rings (SSSR count). The largest absolute Gasteiger partial charge is 0.452 e. The number of benzene rings is 1. The average molecular weight is 432 g/mol. The Hall–Kier alpha value is -2.20. The molecule has 0 bridgehead atoms. The first-order chi connectivity index (χ1) is 12.6. The van der Waals surface area contributed by atoms with Gasteiger partial charge in [-0.1, -0.05) is 23.2 Å². The van der Waals surface area contributed by atoms with Gasteiger partial charge >= 0.3 is 5.97 Å². The number of hydrogen-bond acceptors (Lipinski definition) is 6. The highest BCUT2D eigenvalue weighted by Gasteiger charge is 2.20. The van der Waals surface area contributed by atoms with Gasteiger partial charge < -0.3 is 10.1 Å². The van der Waals surface area contributed by atoms with Gasteiger partial charge in [-0.3, -0.25) is 4.79 Å². The van der Waals surface area contributed by atoms with Crippen LogP contribution >= 0.6 is 23.2 Å². The minimum absolute atomic E-state index is 0.0177. The molecular weight excluding hydrogens is 417 g/mol. The molecule has 2 aromatic rings. The van der Waals surface area contributed by atoms with Gasteiger partial charge in [0.2, 0.25) is 10.0 Å². The van der Waals surface area contributed by atoms with Crippen molar-refractivity contribution in [3.05, 3.63) is 52.3 Å². The molecule has 0 saturated carbocycles. The van der Waals surface area contributed by atoms with E-state index in [0.29, 0.717) is 0 Å². The number of carbonyl (C=O) groups excluding carboxylic acids is 2. The molecule has 1 aromatic carbocycles. The molecule has 1 aromatic heterocycles. The van der Waals surface area contributed by atoms with Crippen molar-refractivity contribution in [1.82, 2.24) is 9.29 Å². The number of aromatic nitrogens is 1. The molecule has 1 heterocycles. The minimum Gasteiger partial charge on any atom is -0.452 e. The van der Waals surface area contributed by atoms with Gasteiger partial charge in [-0.15, -0.1) is 0 Å². The zero-order chi connectivity index (χ0) is 20.2. The molecule has 27 heavy (non-hydrogen) atoms. The Labute approximate surface area is 166 Å². The third-order valence-corrected chi connectivity index (χ3v) is 5.75. The molecule has 0 radical (unpaired) electrons. The zero-order valence-electron chi connectivity index (χ0n) is 14.3. The highest BCUT2D eigenvalue weighted by Crippen LogP contribution is 2.26. The van der Waals surface area contributed by atoms with Crippen LogP contribution in [-0.2, 0) is 19.6 Å². The first-order valence-corrected chi connectivity index (χ1v) is 9.62. The lowest BCUT2D eigenvalue weighted by molar-refractivity contribution is -0.119. The molecule has 1 amide bonds. The van der Waals surface area contributed by atoms with E-state index >= 15 is 0 Å². The number of halogens is 2. The van der Waals surface area contributed by atoms with Crippen LogP contribution in [0.15, 0.2) is 41.4 Å². The Bertz CT molecular complexity index is 980. The maximum atomic E-state index is 12.2. The van der Waals surface area contributed by atoms with Crippen molar-refractivity contribution in [3.8, 4) is 0 Å². The summed E-state index contributed by atoms with van der Waals surface area (Å²) in [6, 6.07) is 6.78. The van der Waals surface area contributed by atoms with Crippen molar-refractivity contribution >= 4 is 50.8 Å². The average Bonchev–Trinajstić information content (AvgIpc) is 2.61. The quantitative estimate of drug-likeness (QED) is 0.555. The predicted octanol–water partition coefficient (Wildman–Crippen LogP) is 2.43. The van der Waals surface area contributed by atoms with E-state index < -0.39 is 28.5 Å². The van der Waals surface area contributed by atoms with E-state index in [1.54, 1.807) is 0 Å². The number of esters is 1. The van der Waals surface area contributed by atoms with E-state index in [0.717, 1.165) is 4.31 Å². The Kier molecular flexibility index (Phi) is 6.77. The van der Waals surface area contributed by atoms with Crippen molar-refractivity contribution in [1.29, 1.82) is 0 Å². The lowest BCUT2D eigenvalue weighted by atomic mass is 10.3. The molecule has 0 atom stereocenters. The molecule has 0 aliphatic carbocycles. The van der Waals surface area contributed by atoms with Crippen molar-refractivity contribution in [2.45, 2.75) is 4.90 Å². The molecule has 144 valence electrons. The van der Waals surface area contributed by atoms with Gasteiger partial charge in [-0.25, -0.2) is 22.5 Å². The van der Waals surface area contributed by atoms with E-state index in [2.05, 4.69) is 10.3 Å². The third-order valence-electron chi connectivity index (χ3n) is 3.30. The number of ether oxygens (including phenoxy) is 1. The monoisotopic (exact) mass is 431 g/mol. The van der Waals surface area contributed by atoms with E-state index in [1.807, 2.05) is 0 Å². The first kappa shape index (κ1) is 21.1. The van der Waals surface area contributed by atoms with E-state index in [4.69, 9.17) is 27.9 Å². The third kappa shape index (κ3) is 5.16. The number of pyridine rings is 1. The number of hydrogen-bond donors (Lipinski definition) is 1. The Morgan fingerprint density at radius 2 is 1.93 bits per heavy atom. The maximum absolute atomic E-state index is 12.2. The van der Waals surface area contributed by atoms with Gasteiger partial charge in [0.25, 0.3) is 5.91 Å². The van der Waals surface area contributed by atoms with E-state index in [-0.39, 0.29) is 26.3 Å². The molecule has 0 aliphatic heterocycles. The summed E-state index contributed by atoms with van der Waals surface area (Å²) in [6.45, 7) is -0.620. The van der Waals surface area contributed by atoms with Gasteiger partial charge in [0.15, 0.2) is 6.61 Å². The summed E-state index contributed by atoms with van der Waals surface area (Å²) in [5.41, 5.74) is 0.0872. The second-order valence-electron chi connectivity index (χ2n) is 5.40. The topological polar surface area (TPSA) is 106 Å². The van der Waals surface area contributed by atoms with Gasteiger partial charge in [-0.05, 0) is 30.3 Å². The van der Waals surface area contributed by atoms with Crippen LogP contribution in [0.25, 0.3) is 0 Å². The second-order valence-corrected chi connectivity index (χ2v) is 8.31. The van der Waals surface area contributed by atoms with E-state index in [1.165, 1.54) is 50.6 Å². The number of nitrogens with zero attached hydrogens (tertiary/aromatic N) is 2. The lowest BCUT2D eigenvalue weighted by Gasteiger charge is -2.14. The minimum atomic E-state index is -3.70. The van der Waals surface area contributed by atoms with Crippen LogP contribution in [0.2, 0.25) is 10.2 Å². The lowest BCUT2D eigenvalue weighted by Crippen LogP contribution is -2.23. The Morgan fingerprint density at radius 1 is 1.22 bits per heavy atom. The molecule has 0 spiro atoms. The number of nitrogens with one attached hydrogen (secondary N) is 1. The van der Waals surface area contributed by atoms with Crippen LogP contribution in [0.3, 0.4) is 0 Å². The smallest absolute Gasteiger partial charge is 0.341 e. The summed E-state index contributed by atoms with van der Waals surface area (Å²) in [5, 5.41) is 2.48. The van der Waals surface area contributed by atoms with Gasteiger partial charge in [0.1, 0.15) is 5.15 Å². The highest BCUT2D eigenvalue weighted by molar-refractivity contribution is 7.89. The van der Waals surface area contributed by atoms with Gasteiger partial charge in [0.05, 0.1) is 21.2 Å². The molecule has 1 N–H and O–H groups in total. The van der Waals surface area contributed by atoms with Gasteiger partial charge in [0, 0.05) is 20.3 Å². The van der Waals surface area contributed by atoms with Crippen molar-refractivity contribution in [2.75, 3.05) is 26.0 Å². The van der Waals surface area contributed by atoms with Gasteiger partial charge in [-0.2, -0.15) is 0 Å². The number of sulfonamides is 1. The number of carbonyl (C=O) groups is 2. The first-order valence-electron chi connectivity index (χ1n) is 7.42. The zero-order valence-corrected chi connectivity index (χ0v) is 16.6. The molecular formula is C16H15Cl2N3O5S. The fourth-order valence-corrected chi connectivity index (χ4v) is 3.19. The van der Waals surface area contributed by atoms with Crippen LogP contribution < -0.4 is 5.32 Å². The fourth-order valence-electron chi connectivity index (χ4n) is 1.90. The van der Waals surface area contributed by atoms with Crippen LogP contribution in [0, 0.1) is 0 Å². The Morgan fingerprint density at radius 3 is 2.56 bits per heavy atom. The molecule has 0 fully saturated rings. The number of rotatable bonds is 6. The number of amides is 1. The summed E-state index contributed by atoms with van der Waals surface area (Å²) in [6.07, 6.45) is 1.41. The molecule has 0 aliphatic rings. The van der Waals surface area contributed by atoms with Crippen molar-refractivity contribution < 1.29 is 22.7 Å². The predicted molar refractivity (Wildman–Crippen MR) is 100 cm³/mol. The highest BCUT2D eigenvalue weighted by atomic mass is 35.5. The van der Waals surface area contributed by atoms with Crippen LogP contribution in [-0.4, -0.2) is 50.3 Å². The summed E-state index contributed by atoms with van der Waals surface area (Å²) in [5.74, 6) is -1.53. The fraction of sp³-hybridized carbons (Fsp3) is 0.188. The second kappa shape index (κ2) is 8.66. The molecule has 0 unspecified atom stereocenters. The molecule has 11 heteroatoms. The SMILES string of the molecule is CN(C)S(=O)(=O)c1ccc(Cl)c(NC(=O)COC(=O)c2cccnc2Cl)c1. The normalized spacial score (nSPS) is 11.3.